The largest absolute Gasteiger partial charge is 0.504 e. The number of carboxylic acid groups (broad SMARTS) is 1. The molecule has 0 aliphatic carbocycles. The molecule has 0 heterocycles. The Morgan fingerprint density at radius 3 is 1.72 bits per heavy atom. The van der Waals surface area contributed by atoms with Crippen molar-refractivity contribution in [2.45, 2.75) is 0 Å². The summed E-state index contributed by atoms with van der Waals surface area (Å²) in [5.41, 5.74) is -0.496. The van der Waals surface area contributed by atoms with Crippen molar-refractivity contribution >= 4 is 5.97 Å². The average Bonchev–Trinajstić information content (AvgIpc) is 2.62. The van der Waals surface area contributed by atoms with Crippen molar-refractivity contribution < 1.29 is 29.6 Å². The molecule has 25 heavy (non-hydrogen) atoms. The van der Waals surface area contributed by atoms with Crippen LogP contribution in [0.4, 0.5) is 0 Å². The molecule has 0 spiro atoms. The fraction of sp³-hybridized carbons (Fsp3) is 0. The number of phenols is 2. The van der Waals surface area contributed by atoms with Crippen LogP contribution in [-0.4, -0.2) is 21.3 Å². The van der Waals surface area contributed by atoms with Crippen molar-refractivity contribution in [1.82, 2.24) is 0 Å². The number of carbonyl (C=O) groups is 1. The molecular formula is C19H14O6. The van der Waals surface area contributed by atoms with Gasteiger partial charge in [0, 0.05) is 6.07 Å². The first-order valence-corrected chi connectivity index (χ1v) is 7.34. The normalized spacial score (nSPS) is 10.2. The number of phenolic OH excluding ortho intramolecular Hbond substituents is 1. The molecule has 0 radical (unpaired) electrons. The first-order chi connectivity index (χ1) is 12.1. The molecule has 0 unspecified atom stereocenters. The van der Waals surface area contributed by atoms with E-state index in [1.54, 1.807) is 60.7 Å². The molecule has 0 aliphatic heterocycles. The second-order valence-electron chi connectivity index (χ2n) is 5.09. The van der Waals surface area contributed by atoms with Gasteiger partial charge in [-0.05, 0) is 24.3 Å². The Morgan fingerprint density at radius 1 is 0.760 bits per heavy atom. The van der Waals surface area contributed by atoms with Crippen LogP contribution in [0.15, 0.2) is 66.7 Å². The minimum absolute atomic E-state index is 0.183. The standard InChI is InChI=1S/C19H14O6/c20-15-11-14(19(22)23)16(21)18(25-13-9-5-2-6-10-13)17(15)24-12-7-3-1-4-8-12/h1-11,20-21H,(H,22,23). The molecule has 0 aliphatic rings. The molecule has 3 N–H and O–H groups in total. The molecule has 3 aromatic carbocycles. The van der Waals surface area contributed by atoms with Crippen molar-refractivity contribution in [3.63, 3.8) is 0 Å². The number of para-hydroxylation sites is 2. The maximum absolute atomic E-state index is 11.3. The number of aromatic hydroxyl groups is 2. The number of hydrogen-bond acceptors (Lipinski definition) is 5. The third-order valence-corrected chi connectivity index (χ3v) is 3.35. The zero-order valence-electron chi connectivity index (χ0n) is 12.9. The highest BCUT2D eigenvalue weighted by Crippen LogP contribution is 2.49. The minimum Gasteiger partial charge on any atom is -0.504 e. The van der Waals surface area contributed by atoms with Crippen molar-refractivity contribution in [1.29, 1.82) is 0 Å². The third-order valence-electron chi connectivity index (χ3n) is 3.35. The number of benzene rings is 3. The van der Waals surface area contributed by atoms with E-state index in [1.165, 1.54) is 0 Å². The summed E-state index contributed by atoms with van der Waals surface area (Å²) in [5, 5.41) is 29.7. The van der Waals surface area contributed by atoms with Gasteiger partial charge in [0.15, 0.2) is 11.5 Å². The van der Waals surface area contributed by atoms with Crippen LogP contribution in [-0.2, 0) is 0 Å². The minimum atomic E-state index is -1.41. The molecule has 6 nitrogen and oxygen atoms in total. The Kier molecular flexibility index (Phi) is 4.43. The number of hydrogen-bond donors (Lipinski definition) is 3. The molecule has 0 saturated carbocycles. The molecule has 126 valence electrons. The lowest BCUT2D eigenvalue weighted by atomic mass is 10.1. The molecule has 0 amide bonds. The van der Waals surface area contributed by atoms with Crippen LogP contribution in [0.2, 0.25) is 0 Å². The van der Waals surface area contributed by atoms with E-state index in [0.717, 1.165) is 6.07 Å². The highest BCUT2D eigenvalue weighted by molar-refractivity contribution is 5.93. The molecule has 0 bridgehead atoms. The predicted octanol–water partition coefficient (Wildman–Crippen LogP) is 4.38. The van der Waals surface area contributed by atoms with Crippen LogP contribution < -0.4 is 9.47 Å². The smallest absolute Gasteiger partial charge is 0.339 e. The van der Waals surface area contributed by atoms with Crippen molar-refractivity contribution in [2.75, 3.05) is 0 Å². The SMILES string of the molecule is O=C(O)c1cc(O)c(Oc2ccccc2)c(Oc2ccccc2)c1O. The number of aromatic carboxylic acids is 1. The summed E-state index contributed by atoms with van der Waals surface area (Å²) in [6.07, 6.45) is 0. The van der Waals surface area contributed by atoms with Gasteiger partial charge in [0.1, 0.15) is 17.1 Å². The second kappa shape index (κ2) is 6.84. The Hall–Kier alpha value is -3.67. The van der Waals surface area contributed by atoms with E-state index in [2.05, 4.69) is 0 Å². The first-order valence-electron chi connectivity index (χ1n) is 7.34. The first kappa shape index (κ1) is 16.2. The summed E-state index contributed by atoms with van der Waals surface area (Å²) in [7, 11) is 0. The zero-order chi connectivity index (χ0) is 17.8. The van der Waals surface area contributed by atoms with Crippen molar-refractivity contribution in [3.8, 4) is 34.5 Å². The second-order valence-corrected chi connectivity index (χ2v) is 5.09. The van der Waals surface area contributed by atoms with Crippen LogP contribution in [0.5, 0.6) is 34.5 Å². The summed E-state index contributed by atoms with van der Waals surface area (Å²) in [6.45, 7) is 0. The third kappa shape index (κ3) is 3.48. The van der Waals surface area contributed by atoms with Crippen LogP contribution in [0.25, 0.3) is 0 Å². The van der Waals surface area contributed by atoms with E-state index in [-0.39, 0.29) is 11.5 Å². The van der Waals surface area contributed by atoms with Gasteiger partial charge < -0.3 is 24.8 Å². The van der Waals surface area contributed by atoms with E-state index in [9.17, 15) is 20.1 Å². The van der Waals surface area contributed by atoms with E-state index >= 15 is 0 Å². The van der Waals surface area contributed by atoms with Gasteiger partial charge in [-0.25, -0.2) is 4.79 Å². The molecule has 3 rings (SSSR count). The van der Waals surface area contributed by atoms with E-state index in [1.807, 2.05) is 0 Å². The zero-order valence-corrected chi connectivity index (χ0v) is 12.9. The highest BCUT2D eigenvalue weighted by atomic mass is 16.5. The fourth-order valence-electron chi connectivity index (χ4n) is 2.19. The van der Waals surface area contributed by atoms with Crippen LogP contribution in [0.3, 0.4) is 0 Å². The molecule has 0 atom stereocenters. The topological polar surface area (TPSA) is 96.2 Å². The van der Waals surface area contributed by atoms with Crippen LogP contribution >= 0.6 is 0 Å². The molecular weight excluding hydrogens is 324 g/mol. The van der Waals surface area contributed by atoms with Gasteiger partial charge >= 0.3 is 5.97 Å². The molecule has 0 aromatic heterocycles. The van der Waals surface area contributed by atoms with Gasteiger partial charge in [-0.2, -0.15) is 0 Å². The van der Waals surface area contributed by atoms with Gasteiger partial charge in [-0.1, -0.05) is 36.4 Å². The van der Waals surface area contributed by atoms with Gasteiger partial charge in [-0.15, -0.1) is 0 Å². The van der Waals surface area contributed by atoms with Gasteiger partial charge in [0.2, 0.25) is 11.5 Å². The lowest BCUT2D eigenvalue weighted by molar-refractivity contribution is 0.0692. The summed E-state index contributed by atoms with van der Waals surface area (Å²) < 4.78 is 11.2. The maximum Gasteiger partial charge on any atom is 0.339 e. The quantitative estimate of drug-likeness (QED) is 0.597. The van der Waals surface area contributed by atoms with Gasteiger partial charge in [0.25, 0.3) is 0 Å². The Labute approximate surface area is 143 Å². The summed E-state index contributed by atoms with van der Waals surface area (Å²) >= 11 is 0. The van der Waals surface area contributed by atoms with E-state index in [0.29, 0.717) is 11.5 Å². The highest BCUT2D eigenvalue weighted by Gasteiger charge is 2.25. The number of carboxylic acids is 1. The molecule has 3 aromatic rings. The summed E-state index contributed by atoms with van der Waals surface area (Å²) in [5.74, 6) is -2.25. The molecule has 0 fully saturated rings. The predicted molar refractivity (Wildman–Crippen MR) is 89.8 cm³/mol. The number of ether oxygens (including phenoxy) is 2. The maximum atomic E-state index is 11.3. The summed E-state index contributed by atoms with van der Waals surface area (Å²) in [6, 6.07) is 17.9. The Morgan fingerprint density at radius 2 is 1.24 bits per heavy atom. The van der Waals surface area contributed by atoms with Crippen LogP contribution in [0.1, 0.15) is 10.4 Å². The van der Waals surface area contributed by atoms with Crippen molar-refractivity contribution in [2.24, 2.45) is 0 Å². The molecule has 6 heteroatoms. The average molecular weight is 338 g/mol. The molecule has 0 saturated heterocycles. The lowest BCUT2D eigenvalue weighted by Gasteiger charge is -2.16. The Bertz CT molecular complexity index is 891. The Balaban J connectivity index is 2.12. The van der Waals surface area contributed by atoms with Crippen LogP contribution in [0, 0.1) is 0 Å². The van der Waals surface area contributed by atoms with E-state index in [4.69, 9.17) is 9.47 Å². The van der Waals surface area contributed by atoms with Gasteiger partial charge in [0.05, 0.1) is 0 Å². The summed E-state index contributed by atoms with van der Waals surface area (Å²) in [4.78, 5) is 11.3. The van der Waals surface area contributed by atoms with Crippen molar-refractivity contribution in [3.05, 3.63) is 72.3 Å². The number of rotatable bonds is 5. The fourth-order valence-corrected chi connectivity index (χ4v) is 2.19. The lowest BCUT2D eigenvalue weighted by Crippen LogP contribution is -2.00. The monoisotopic (exact) mass is 338 g/mol. The van der Waals surface area contributed by atoms with Gasteiger partial charge in [-0.3, -0.25) is 0 Å². The van der Waals surface area contributed by atoms with E-state index < -0.39 is 23.0 Å².